The molecule has 0 radical (unpaired) electrons. The highest BCUT2D eigenvalue weighted by atomic mass is 15.0. The predicted octanol–water partition coefficient (Wildman–Crippen LogP) is 13.3. The van der Waals surface area contributed by atoms with Crippen LogP contribution in [0.15, 0.2) is 207 Å². The number of nitrogens with zero attached hydrogens (tertiary/aromatic N) is 4. The summed E-state index contributed by atoms with van der Waals surface area (Å²) in [6.07, 6.45) is 3.65. The normalized spacial score (nSPS) is 11.6. The molecule has 56 heavy (non-hydrogen) atoms. The lowest BCUT2D eigenvalue weighted by atomic mass is 10.0. The molecule has 0 atom stereocenters. The van der Waals surface area contributed by atoms with Gasteiger partial charge in [0.15, 0.2) is 0 Å². The van der Waals surface area contributed by atoms with Crippen molar-refractivity contribution in [3.05, 3.63) is 207 Å². The SMILES string of the molecule is c1ccc(-c2cccc(-n3c4ccccc4c4ccc(-c5ccc6c(c5)c5ccccc5n6-c5cc(-c6ccccc6)nc(-c6ccncc6)c5)cc43)c2)cc1. The molecule has 4 aromatic heterocycles. The zero-order valence-electron chi connectivity index (χ0n) is 30.4. The molecule has 0 N–H and O–H groups in total. The quantitative estimate of drug-likeness (QED) is 0.172. The number of pyridine rings is 2. The Bertz CT molecular complexity index is 3170. The van der Waals surface area contributed by atoms with E-state index in [9.17, 15) is 0 Å². The van der Waals surface area contributed by atoms with Crippen molar-refractivity contribution in [2.45, 2.75) is 0 Å². The third-order valence-corrected chi connectivity index (χ3v) is 11.0. The molecule has 0 amide bonds. The van der Waals surface area contributed by atoms with Crippen LogP contribution in [0.2, 0.25) is 0 Å². The first-order chi connectivity index (χ1) is 27.8. The Labute approximate surface area is 324 Å². The van der Waals surface area contributed by atoms with E-state index in [1.54, 1.807) is 0 Å². The smallest absolute Gasteiger partial charge is 0.0731 e. The first kappa shape index (κ1) is 31.9. The van der Waals surface area contributed by atoms with Crippen molar-refractivity contribution in [1.29, 1.82) is 0 Å². The summed E-state index contributed by atoms with van der Waals surface area (Å²) in [6, 6.07) is 69.7. The van der Waals surface area contributed by atoms with Gasteiger partial charge in [-0.2, -0.15) is 0 Å². The Morgan fingerprint density at radius 1 is 0.286 bits per heavy atom. The van der Waals surface area contributed by atoms with E-state index in [1.165, 1.54) is 54.8 Å². The number of aromatic nitrogens is 4. The largest absolute Gasteiger partial charge is 0.309 e. The maximum atomic E-state index is 5.14. The molecule has 0 fully saturated rings. The van der Waals surface area contributed by atoms with E-state index in [0.29, 0.717) is 0 Å². The van der Waals surface area contributed by atoms with Gasteiger partial charge >= 0.3 is 0 Å². The molecule has 262 valence electrons. The van der Waals surface area contributed by atoms with Crippen LogP contribution >= 0.6 is 0 Å². The van der Waals surface area contributed by atoms with E-state index in [-0.39, 0.29) is 0 Å². The first-order valence-electron chi connectivity index (χ1n) is 19.0. The van der Waals surface area contributed by atoms with Crippen molar-refractivity contribution in [1.82, 2.24) is 19.1 Å². The van der Waals surface area contributed by atoms with E-state index < -0.39 is 0 Å². The molecule has 11 rings (SSSR count). The Morgan fingerprint density at radius 3 is 1.54 bits per heavy atom. The van der Waals surface area contributed by atoms with Crippen LogP contribution in [-0.2, 0) is 0 Å². The molecule has 0 aliphatic carbocycles. The standard InChI is InChI=1S/C52H34N4/c1-3-12-35(13-4-1)38-16-11-17-41(30-38)55-49-20-9-7-18-43(49)45-24-22-40(32-52(45)55)39-23-25-51-46(31-39)44-19-8-10-21-50(44)56(51)42-33-47(36-14-5-2-6-15-36)54-48(34-42)37-26-28-53-29-27-37/h1-34H. The molecule has 0 bridgehead atoms. The fraction of sp³-hybridized carbons (Fsp3) is 0. The minimum Gasteiger partial charge on any atom is -0.309 e. The molecular weight excluding hydrogens is 681 g/mol. The number of fused-ring (bicyclic) bond motifs is 6. The zero-order valence-corrected chi connectivity index (χ0v) is 30.4. The molecular formula is C52H34N4. The molecule has 0 saturated carbocycles. The van der Waals surface area contributed by atoms with Gasteiger partial charge in [-0.15, -0.1) is 0 Å². The van der Waals surface area contributed by atoms with Gasteiger partial charge in [0.1, 0.15) is 0 Å². The molecule has 4 heteroatoms. The van der Waals surface area contributed by atoms with Crippen LogP contribution in [-0.4, -0.2) is 19.1 Å². The third kappa shape index (κ3) is 5.31. The summed E-state index contributed by atoms with van der Waals surface area (Å²) in [6.45, 7) is 0. The summed E-state index contributed by atoms with van der Waals surface area (Å²) >= 11 is 0. The monoisotopic (exact) mass is 714 g/mol. The maximum absolute atomic E-state index is 5.14. The summed E-state index contributed by atoms with van der Waals surface area (Å²) < 4.78 is 4.80. The molecule has 4 heterocycles. The highest BCUT2D eigenvalue weighted by Gasteiger charge is 2.18. The van der Waals surface area contributed by atoms with Gasteiger partial charge < -0.3 is 9.13 Å². The maximum Gasteiger partial charge on any atom is 0.0731 e. The number of benzene rings is 7. The molecule has 0 spiro atoms. The lowest BCUT2D eigenvalue weighted by Gasteiger charge is -2.13. The average molecular weight is 715 g/mol. The molecule has 4 nitrogen and oxygen atoms in total. The van der Waals surface area contributed by atoms with Gasteiger partial charge in [0, 0.05) is 50.8 Å². The second kappa shape index (κ2) is 13.1. The second-order valence-electron chi connectivity index (χ2n) is 14.3. The Morgan fingerprint density at radius 2 is 0.804 bits per heavy atom. The van der Waals surface area contributed by atoms with Crippen molar-refractivity contribution in [3.63, 3.8) is 0 Å². The molecule has 0 unspecified atom stereocenters. The minimum atomic E-state index is 0.907. The summed E-state index contributed by atoms with van der Waals surface area (Å²) in [5.74, 6) is 0. The van der Waals surface area contributed by atoms with Crippen LogP contribution < -0.4 is 0 Å². The number of rotatable bonds is 6. The Kier molecular flexibility index (Phi) is 7.46. The summed E-state index contributed by atoms with van der Waals surface area (Å²) in [7, 11) is 0. The van der Waals surface area contributed by atoms with Crippen LogP contribution in [0.3, 0.4) is 0 Å². The van der Waals surface area contributed by atoms with Gasteiger partial charge in [0.05, 0.1) is 39.1 Å². The number of hydrogen-bond donors (Lipinski definition) is 0. The van der Waals surface area contributed by atoms with Crippen molar-refractivity contribution in [2.24, 2.45) is 0 Å². The lowest BCUT2D eigenvalue weighted by molar-refractivity contribution is 1.16. The summed E-state index contributed by atoms with van der Waals surface area (Å²) in [4.78, 5) is 9.41. The van der Waals surface area contributed by atoms with Crippen molar-refractivity contribution >= 4 is 43.6 Å². The van der Waals surface area contributed by atoms with Gasteiger partial charge in [-0.1, -0.05) is 127 Å². The fourth-order valence-electron chi connectivity index (χ4n) is 8.39. The van der Waals surface area contributed by atoms with Gasteiger partial charge in [0.25, 0.3) is 0 Å². The van der Waals surface area contributed by atoms with Crippen molar-refractivity contribution in [2.75, 3.05) is 0 Å². The minimum absolute atomic E-state index is 0.907. The molecule has 0 saturated heterocycles. The average Bonchev–Trinajstić information content (AvgIpc) is 3.79. The van der Waals surface area contributed by atoms with Gasteiger partial charge in [-0.05, 0) is 89.0 Å². The van der Waals surface area contributed by atoms with Crippen LogP contribution in [0.25, 0.3) is 99.8 Å². The van der Waals surface area contributed by atoms with E-state index in [0.717, 1.165) is 44.9 Å². The van der Waals surface area contributed by atoms with E-state index in [2.05, 4.69) is 190 Å². The Hall–Kier alpha value is -7.56. The topological polar surface area (TPSA) is 35.6 Å². The van der Waals surface area contributed by atoms with Crippen LogP contribution in [0.5, 0.6) is 0 Å². The van der Waals surface area contributed by atoms with Crippen molar-refractivity contribution in [3.8, 4) is 56.1 Å². The van der Waals surface area contributed by atoms with Crippen LogP contribution in [0.1, 0.15) is 0 Å². The molecule has 11 aromatic rings. The number of para-hydroxylation sites is 2. The molecule has 0 aliphatic rings. The summed E-state index contributed by atoms with van der Waals surface area (Å²) in [5.41, 5.74) is 15.6. The van der Waals surface area contributed by atoms with Crippen LogP contribution in [0.4, 0.5) is 0 Å². The fourth-order valence-corrected chi connectivity index (χ4v) is 8.39. The first-order valence-corrected chi connectivity index (χ1v) is 19.0. The highest BCUT2D eigenvalue weighted by Crippen LogP contribution is 2.39. The second-order valence-corrected chi connectivity index (χ2v) is 14.3. The zero-order chi connectivity index (χ0) is 37.0. The van der Waals surface area contributed by atoms with Crippen LogP contribution in [0, 0.1) is 0 Å². The predicted molar refractivity (Wildman–Crippen MR) is 232 cm³/mol. The van der Waals surface area contributed by atoms with E-state index in [1.807, 2.05) is 30.6 Å². The highest BCUT2D eigenvalue weighted by molar-refractivity contribution is 6.12. The third-order valence-electron chi connectivity index (χ3n) is 11.0. The van der Waals surface area contributed by atoms with Gasteiger partial charge in [-0.25, -0.2) is 4.98 Å². The van der Waals surface area contributed by atoms with Gasteiger partial charge in [0.2, 0.25) is 0 Å². The summed E-state index contributed by atoms with van der Waals surface area (Å²) in [5, 5.41) is 4.90. The van der Waals surface area contributed by atoms with E-state index >= 15 is 0 Å². The molecule has 0 aliphatic heterocycles. The lowest BCUT2D eigenvalue weighted by Crippen LogP contribution is -1.98. The molecule has 7 aromatic carbocycles. The van der Waals surface area contributed by atoms with E-state index in [4.69, 9.17) is 4.98 Å². The van der Waals surface area contributed by atoms with Gasteiger partial charge in [-0.3, -0.25) is 4.98 Å². The number of hydrogen-bond acceptors (Lipinski definition) is 2. The van der Waals surface area contributed by atoms with Crippen molar-refractivity contribution < 1.29 is 0 Å². The Balaban J connectivity index is 1.09.